The molecule has 0 saturated carbocycles. The average Bonchev–Trinajstić information content (AvgIpc) is 3.35. The Balaban J connectivity index is 1.66. The van der Waals surface area contributed by atoms with Crippen LogP contribution in [0.25, 0.3) is 11.8 Å². The van der Waals surface area contributed by atoms with E-state index in [1.807, 2.05) is 24.3 Å². The number of aryl methyl sites for hydroxylation is 1. The number of furan rings is 1. The van der Waals surface area contributed by atoms with Crippen molar-refractivity contribution in [2.45, 2.75) is 18.9 Å². The molecule has 4 aromatic rings. The van der Waals surface area contributed by atoms with E-state index in [-0.39, 0.29) is 11.6 Å². The van der Waals surface area contributed by atoms with Crippen LogP contribution in [-0.4, -0.2) is 4.57 Å². The van der Waals surface area contributed by atoms with Gasteiger partial charge < -0.3 is 4.42 Å². The van der Waals surface area contributed by atoms with E-state index in [0.29, 0.717) is 29.8 Å². The van der Waals surface area contributed by atoms with Gasteiger partial charge in [-0.3, -0.25) is 9.36 Å². The number of aromatic nitrogens is 1. The normalized spacial score (nSPS) is 17.4. The van der Waals surface area contributed by atoms with Crippen LogP contribution < -0.4 is 14.9 Å². The molecule has 0 saturated heterocycles. The fraction of sp³-hybridized carbons (Fsp3) is 0.120. The van der Waals surface area contributed by atoms with Crippen molar-refractivity contribution in [1.29, 1.82) is 0 Å². The van der Waals surface area contributed by atoms with E-state index in [1.165, 1.54) is 16.9 Å². The molecule has 0 bridgehead atoms. The topological polar surface area (TPSA) is 47.5 Å². The van der Waals surface area contributed by atoms with Crippen LogP contribution in [0.3, 0.4) is 0 Å². The second kappa shape index (κ2) is 8.13. The molecule has 0 N–H and O–H groups in total. The summed E-state index contributed by atoms with van der Waals surface area (Å²) in [4.78, 5) is 19.3. The third-order valence-electron chi connectivity index (χ3n) is 6.00. The Labute approximate surface area is 211 Å². The minimum Gasteiger partial charge on any atom is -0.450 e. The molecular weight excluding hydrogens is 543 g/mol. The van der Waals surface area contributed by atoms with Gasteiger partial charge in [0.1, 0.15) is 5.76 Å². The summed E-state index contributed by atoms with van der Waals surface area (Å²) in [6.45, 7) is 0. The number of thiazole rings is 1. The van der Waals surface area contributed by atoms with Gasteiger partial charge in [-0.05, 0) is 69.7 Å². The molecule has 1 atom stereocenters. The summed E-state index contributed by atoms with van der Waals surface area (Å²) < 4.78 is 8.53. The fourth-order valence-electron chi connectivity index (χ4n) is 4.56. The lowest BCUT2D eigenvalue weighted by Crippen LogP contribution is -2.38. The quantitative estimate of drug-likeness (QED) is 0.304. The summed E-state index contributed by atoms with van der Waals surface area (Å²) in [7, 11) is 0. The molecule has 164 valence electrons. The molecule has 2 aromatic carbocycles. The highest BCUT2D eigenvalue weighted by atomic mass is 79.9. The Kier molecular flexibility index (Phi) is 5.22. The molecule has 0 amide bonds. The Bertz CT molecular complexity index is 1650. The molecule has 6 rings (SSSR count). The van der Waals surface area contributed by atoms with Gasteiger partial charge >= 0.3 is 0 Å². The van der Waals surface area contributed by atoms with E-state index in [1.54, 1.807) is 22.8 Å². The Morgan fingerprint density at radius 2 is 1.97 bits per heavy atom. The molecule has 4 nitrogen and oxygen atoms in total. The summed E-state index contributed by atoms with van der Waals surface area (Å²) in [5, 5.41) is 1.09. The Morgan fingerprint density at radius 1 is 1.12 bits per heavy atom. The molecule has 0 spiro atoms. The number of halogens is 3. The van der Waals surface area contributed by atoms with E-state index in [9.17, 15) is 4.79 Å². The highest BCUT2D eigenvalue weighted by Crippen LogP contribution is 2.43. The van der Waals surface area contributed by atoms with Crippen molar-refractivity contribution in [3.8, 4) is 0 Å². The van der Waals surface area contributed by atoms with Crippen molar-refractivity contribution < 1.29 is 4.42 Å². The monoisotopic (exact) mass is 556 g/mol. The van der Waals surface area contributed by atoms with E-state index < -0.39 is 0 Å². The number of rotatable bonds is 2. The third-order valence-corrected chi connectivity index (χ3v) is 7.97. The number of hydrogen-bond donors (Lipinski definition) is 0. The van der Waals surface area contributed by atoms with Gasteiger partial charge in [0.25, 0.3) is 5.56 Å². The predicted octanol–water partition coefficient (Wildman–Crippen LogP) is 5.98. The Morgan fingerprint density at radius 3 is 2.76 bits per heavy atom. The maximum Gasteiger partial charge on any atom is 0.271 e. The van der Waals surface area contributed by atoms with Crippen LogP contribution in [0.1, 0.15) is 34.9 Å². The van der Waals surface area contributed by atoms with Gasteiger partial charge in [0, 0.05) is 21.7 Å². The number of fused-ring (bicyclic) bond motifs is 3. The third kappa shape index (κ3) is 3.56. The van der Waals surface area contributed by atoms with Crippen LogP contribution in [0, 0.1) is 0 Å². The molecule has 8 heteroatoms. The Hall–Kier alpha value is -2.38. The summed E-state index contributed by atoms with van der Waals surface area (Å²) in [5.41, 5.74) is 5.13. The van der Waals surface area contributed by atoms with Crippen LogP contribution in [0.15, 0.2) is 79.0 Å². The first kappa shape index (κ1) is 21.2. The maximum absolute atomic E-state index is 13.6. The summed E-state index contributed by atoms with van der Waals surface area (Å²) in [6.07, 6.45) is 3.44. The van der Waals surface area contributed by atoms with Gasteiger partial charge in [-0.1, -0.05) is 64.9 Å². The maximum atomic E-state index is 13.6. The number of nitrogens with zero attached hydrogens (tertiary/aromatic N) is 2. The highest BCUT2D eigenvalue weighted by Gasteiger charge is 2.33. The molecule has 1 aliphatic heterocycles. The molecule has 0 fully saturated rings. The molecule has 1 unspecified atom stereocenters. The minimum atomic E-state index is -0.347. The SMILES string of the molecule is O=c1c(=Cc2ccc(Br)o2)sc2n1C(c1ccc(Cl)cc1Cl)C1=C(N=2)c2ccccc2CC1. The summed E-state index contributed by atoms with van der Waals surface area (Å²) in [5.74, 6) is 0.599. The molecule has 3 heterocycles. The van der Waals surface area contributed by atoms with Gasteiger partial charge in [-0.15, -0.1) is 0 Å². The largest absolute Gasteiger partial charge is 0.450 e. The zero-order valence-corrected chi connectivity index (χ0v) is 20.9. The van der Waals surface area contributed by atoms with Crippen molar-refractivity contribution in [2.24, 2.45) is 4.99 Å². The molecular formula is C25H15BrCl2N2O2S. The number of benzene rings is 2. The van der Waals surface area contributed by atoms with E-state index >= 15 is 0 Å². The van der Waals surface area contributed by atoms with Crippen molar-refractivity contribution in [2.75, 3.05) is 0 Å². The van der Waals surface area contributed by atoms with Crippen molar-refractivity contribution in [3.63, 3.8) is 0 Å². The molecule has 2 aliphatic rings. The van der Waals surface area contributed by atoms with E-state index in [0.717, 1.165) is 35.2 Å². The lowest BCUT2D eigenvalue weighted by atomic mass is 9.83. The molecule has 33 heavy (non-hydrogen) atoms. The molecule has 2 aromatic heterocycles. The van der Waals surface area contributed by atoms with Gasteiger partial charge in [-0.25, -0.2) is 4.99 Å². The van der Waals surface area contributed by atoms with Crippen molar-refractivity contribution in [3.05, 3.63) is 117 Å². The van der Waals surface area contributed by atoms with Gasteiger partial charge in [0.2, 0.25) is 0 Å². The van der Waals surface area contributed by atoms with E-state index in [4.69, 9.17) is 32.6 Å². The summed E-state index contributed by atoms with van der Waals surface area (Å²) >= 11 is 17.5. The molecule has 1 aliphatic carbocycles. The second-order valence-corrected chi connectivity index (χ2v) is 10.6. The lowest BCUT2D eigenvalue weighted by molar-refractivity contribution is 0.531. The second-order valence-electron chi connectivity index (χ2n) is 7.92. The van der Waals surface area contributed by atoms with Crippen LogP contribution >= 0.6 is 50.5 Å². The first-order chi connectivity index (χ1) is 16.0. The smallest absolute Gasteiger partial charge is 0.271 e. The molecule has 0 radical (unpaired) electrons. The number of hydrogen-bond acceptors (Lipinski definition) is 4. The van der Waals surface area contributed by atoms with Gasteiger partial charge in [-0.2, -0.15) is 0 Å². The van der Waals surface area contributed by atoms with Gasteiger partial charge in [0.15, 0.2) is 9.47 Å². The van der Waals surface area contributed by atoms with Crippen LogP contribution in [0.2, 0.25) is 10.0 Å². The van der Waals surface area contributed by atoms with E-state index in [2.05, 4.69) is 34.1 Å². The van der Waals surface area contributed by atoms with Crippen LogP contribution in [-0.2, 0) is 6.42 Å². The highest BCUT2D eigenvalue weighted by molar-refractivity contribution is 9.10. The summed E-state index contributed by atoms with van der Waals surface area (Å²) in [6, 6.07) is 17.0. The standard InChI is InChI=1S/C25H15BrCl2N2O2S/c26-21-10-7-15(32-21)12-20-24(31)30-23(17-9-6-14(27)11-19(17)28)18-8-5-13-3-1-2-4-16(13)22(18)29-25(30)33-20/h1-4,6-7,9-12,23H,5,8H2. The fourth-order valence-corrected chi connectivity index (χ4v) is 6.37. The zero-order chi connectivity index (χ0) is 22.7. The van der Waals surface area contributed by atoms with Gasteiger partial charge in [0.05, 0.1) is 16.3 Å². The minimum absolute atomic E-state index is 0.118. The first-order valence-corrected chi connectivity index (χ1v) is 12.7. The van der Waals surface area contributed by atoms with Crippen LogP contribution in [0.4, 0.5) is 0 Å². The predicted molar refractivity (Wildman–Crippen MR) is 136 cm³/mol. The number of allylic oxidation sites excluding steroid dienone is 1. The van der Waals surface area contributed by atoms with Crippen LogP contribution in [0.5, 0.6) is 0 Å². The van der Waals surface area contributed by atoms with Crippen molar-refractivity contribution >= 4 is 62.2 Å². The first-order valence-electron chi connectivity index (χ1n) is 10.3. The average molecular weight is 558 g/mol. The van der Waals surface area contributed by atoms with Crippen molar-refractivity contribution in [1.82, 2.24) is 4.57 Å². The zero-order valence-electron chi connectivity index (χ0n) is 17.0. The lowest BCUT2D eigenvalue weighted by Gasteiger charge is -2.31.